The quantitative estimate of drug-likeness (QED) is 0.542. The molecular formula is C25H21N3O6S. The second kappa shape index (κ2) is 9.77. The van der Waals surface area contributed by atoms with Gasteiger partial charge >= 0.3 is 0 Å². The fourth-order valence-electron chi connectivity index (χ4n) is 3.89. The Labute approximate surface area is 204 Å². The fraction of sp³-hybridized carbons (Fsp3) is 0.200. The number of morpholine rings is 1. The van der Waals surface area contributed by atoms with E-state index in [1.54, 1.807) is 36.4 Å². The first-order valence-electron chi connectivity index (χ1n) is 11.0. The molecule has 2 aromatic carbocycles. The van der Waals surface area contributed by atoms with E-state index in [0.717, 1.165) is 23.7 Å². The smallest absolute Gasteiger partial charge is 0.294 e. The van der Waals surface area contributed by atoms with E-state index in [2.05, 4.69) is 10.2 Å². The lowest BCUT2D eigenvalue weighted by Crippen LogP contribution is -2.36. The van der Waals surface area contributed by atoms with E-state index in [-0.39, 0.29) is 15.9 Å². The highest BCUT2D eigenvalue weighted by Crippen LogP contribution is 2.32. The number of anilines is 2. The number of rotatable bonds is 5. The number of para-hydroxylation sites is 1. The van der Waals surface area contributed by atoms with Crippen LogP contribution in [0.3, 0.4) is 0 Å². The molecule has 1 N–H and O–H groups in total. The largest absolute Gasteiger partial charge is 0.463 e. The van der Waals surface area contributed by atoms with Gasteiger partial charge in [-0.25, -0.2) is 0 Å². The molecule has 0 spiro atoms. The third kappa shape index (κ3) is 4.84. The molecule has 5 rings (SSSR count). The normalized spacial score (nSPS) is 17.4. The van der Waals surface area contributed by atoms with Gasteiger partial charge in [0, 0.05) is 24.5 Å². The number of benzene rings is 2. The Balaban J connectivity index is 1.25. The number of nitrogens with one attached hydrogen (secondary N) is 1. The van der Waals surface area contributed by atoms with Gasteiger partial charge in [0.25, 0.3) is 11.1 Å². The minimum Gasteiger partial charge on any atom is -0.463 e. The zero-order valence-corrected chi connectivity index (χ0v) is 19.4. The maximum Gasteiger partial charge on any atom is 0.294 e. The van der Waals surface area contributed by atoms with Gasteiger partial charge in [0.05, 0.1) is 29.1 Å². The van der Waals surface area contributed by atoms with Gasteiger partial charge in [-0.3, -0.25) is 24.1 Å². The fourth-order valence-corrected chi connectivity index (χ4v) is 4.72. The molecule has 0 aliphatic carbocycles. The van der Waals surface area contributed by atoms with E-state index >= 15 is 0 Å². The van der Waals surface area contributed by atoms with Crippen molar-refractivity contribution in [2.75, 3.05) is 43.1 Å². The minimum atomic E-state index is -0.634. The Hall–Kier alpha value is -3.89. The predicted molar refractivity (Wildman–Crippen MR) is 133 cm³/mol. The maximum absolute atomic E-state index is 12.8. The number of hydrogen-bond donors (Lipinski definition) is 1. The number of hydrogen-bond acceptors (Lipinski definition) is 8. The molecule has 3 amide bonds. The van der Waals surface area contributed by atoms with Crippen molar-refractivity contribution in [1.82, 2.24) is 4.90 Å². The number of carbonyl (C=O) groups excluding carboxylic acids is 3. The third-order valence-corrected chi connectivity index (χ3v) is 6.60. The summed E-state index contributed by atoms with van der Waals surface area (Å²) in [5, 5.41) is 2.51. The summed E-state index contributed by atoms with van der Waals surface area (Å²) in [7, 11) is 0. The highest BCUT2D eigenvalue weighted by atomic mass is 32.2. The molecule has 0 radical (unpaired) electrons. The summed E-state index contributed by atoms with van der Waals surface area (Å²) < 4.78 is 10.8. The van der Waals surface area contributed by atoms with E-state index in [4.69, 9.17) is 9.15 Å². The molecule has 1 aromatic heterocycles. The van der Waals surface area contributed by atoms with Gasteiger partial charge in [-0.1, -0.05) is 12.1 Å². The number of fused-ring (bicyclic) bond motifs is 1. The predicted octanol–water partition coefficient (Wildman–Crippen LogP) is 3.30. The third-order valence-electron chi connectivity index (χ3n) is 5.70. The number of carbonyl (C=O) groups is 3. The van der Waals surface area contributed by atoms with Crippen molar-refractivity contribution in [3.63, 3.8) is 0 Å². The molecule has 3 aromatic rings. The van der Waals surface area contributed by atoms with Crippen molar-refractivity contribution in [2.45, 2.75) is 0 Å². The first kappa shape index (κ1) is 22.9. The molecule has 2 fully saturated rings. The zero-order chi connectivity index (χ0) is 24.4. The summed E-state index contributed by atoms with van der Waals surface area (Å²) in [6, 6.07) is 14.1. The van der Waals surface area contributed by atoms with Crippen LogP contribution in [0.4, 0.5) is 16.2 Å². The van der Waals surface area contributed by atoms with Crippen molar-refractivity contribution < 1.29 is 23.5 Å². The van der Waals surface area contributed by atoms with Crippen LogP contribution in [0.5, 0.6) is 0 Å². The van der Waals surface area contributed by atoms with Crippen molar-refractivity contribution in [2.24, 2.45) is 0 Å². The van der Waals surface area contributed by atoms with Crippen LogP contribution >= 0.6 is 11.8 Å². The SMILES string of the molecule is O=C(CN1C(=O)SC(=Cc2coc3ccccc3c2=O)C1=O)Nc1ccc(N2CCOCC2)cc1. The molecule has 3 heterocycles. The van der Waals surface area contributed by atoms with Crippen LogP contribution in [0.2, 0.25) is 0 Å². The second-order valence-electron chi connectivity index (χ2n) is 7.98. The summed E-state index contributed by atoms with van der Waals surface area (Å²) in [5.41, 5.74) is 1.86. The average molecular weight is 492 g/mol. The van der Waals surface area contributed by atoms with Crippen LogP contribution in [0.25, 0.3) is 17.0 Å². The molecule has 2 aliphatic rings. The Kier molecular flexibility index (Phi) is 6.39. The molecule has 178 valence electrons. The van der Waals surface area contributed by atoms with Gasteiger partial charge in [-0.15, -0.1) is 0 Å². The minimum absolute atomic E-state index is 0.0558. The molecule has 2 saturated heterocycles. The topological polar surface area (TPSA) is 109 Å². The molecule has 0 unspecified atom stereocenters. The average Bonchev–Trinajstić information content (AvgIpc) is 3.14. The van der Waals surface area contributed by atoms with Crippen LogP contribution < -0.4 is 15.6 Å². The lowest BCUT2D eigenvalue weighted by Gasteiger charge is -2.28. The molecule has 0 saturated carbocycles. The number of imide groups is 1. The number of thioether (sulfide) groups is 1. The van der Waals surface area contributed by atoms with Crippen LogP contribution in [-0.4, -0.2) is 54.8 Å². The Bertz CT molecular complexity index is 1390. The Morgan fingerprint density at radius 1 is 1.03 bits per heavy atom. The summed E-state index contributed by atoms with van der Waals surface area (Å²) >= 11 is 0.679. The Morgan fingerprint density at radius 3 is 2.54 bits per heavy atom. The molecule has 2 aliphatic heterocycles. The Morgan fingerprint density at radius 2 is 1.77 bits per heavy atom. The van der Waals surface area contributed by atoms with Crippen molar-refractivity contribution in [1.29, 1.82) is 0 Å². The molecule has 9 nitrogen and oxygen atoms in total. The van der Waals surface area contributed by atoms with Crippen LogP contribution in [0.15, 0.2) is 68.9 Å². The van der Waals surface area contributed by atoms with Crippen LogP contribution in [0, 0.1) is 0 Å². The number of nitrogens with zero attached hydrogens (tertiary/aromatic N) is 2. The van der Waals surface area contributed by atoms with Crippen LogP contribution in [-0.2, 0) is 14.3 Å². The molecule has 0 atom stereocenters. The van der Waals surface area contributed by atoms with Crippen molar-refractivity contribution >= 4 is 57.2 Å². The first-order chi connectivity index (χ1) is 17.0. The summed E-state index contributed by atoms with van der Waals surface area (Å²) in [6.07, 6.45) is 2.58. The first-order valence-corrected chi connectivity index (χ1v) is 11.8. The summed E-state index contributed by atoms with van der Waals surface area (Å²) in [4.78, 5) is 53.5. The molecule has 0 bridgehead atoms. The maximum atomic E-state index is 12.8. The van der Waals surface area contributed by atoms with E-state index in [1.165, 1.54) is 12.3 Å². The molecule has 10 heteroatoms. The van der Waals surface area contributed by atoms with E-state index in [9.17, 15) is 19.2 Å². The van der Waals surface area contributed by atoms with Gasteiger partial charge < -0.3 is 19.4 Å². The second-order valence-corrected chi connectivity index (χ2v) is 8.97. The van der Waals surface area contributed by atoms with Gasteiger partial charge in [-0.2, -0.15) is 0 Å². The number of amides is 3. The van der Waals surface area contributed by atoms with Gasteiger partial charge in [0.2, 0.25) is 5.91 Å². The van der Waals surface area contributed by atoms with Crippen molar-refractivity contribution in [3.05, 3.63) is 75.5 Å². The summed E-state index contributed by atoms with van der Waals surface area (Å²) in [6.45, 7) is 2.53. The lowest BCUT2D eigenvalue weighted by atomic mass is 10.1. The van der Waals surface area contributed by atoms with Gasteiger partial charge in [0.1, 0.15) is 18.4 Å². The highest BCUT2D eigenvalue weighted by Gasteiger charge is 2.36. The van der Waals surface area contributed by atoms with E-state index < -0.39 is 23.6 Å². The highest BCUT2D eigenvalue weighted by molar-refractivity contribution is 8.18. The van der Waals surface area contributed by atoms with E-state index in [1.807, 2.05) is 12.1 Å². The van der Waals surface area contributed by atoms with Crippen LogP contribution in [0.1, 0.15) is 5.56 Å². The molecular weight excluding hydrogens is 470 g/mol. The monoisotopic (exact) mass is 491 g/mol. The van der Waals surface area contributed by atoms with Gasteiger partial charge in [0.15, 0.2) is 5.43 Å². The zero-order valence-electron chi connectivity index (χ0n) is 18.6. The van der Waals surface area contributed by atoms with Crippen molar-refractivity contribution in [3.8, 4) is 0 Å². The lowest BCUT2D eigenvalue weighted by molar-refractivity contribution is -0.127. The number of ether oxygens (including phenoxy) is 1. The van der Waals surface area contributed by atoms with Gasteiger partial charge in [-0.05, 0) is 54.2 Å². The summed E-state index contributed by atoms with van der Waals surface area (Å²) in [5.74, 6) is -1.14. The molecule has 35 heavy (non-hydrogen) atoms. The standard InChI is InChI=1S/C25H21N3O6S/c29-22(26-17-5-7-18(8-6-17)27-9-11-33-12-10-27)14-28-24(31)21(35-25(28)32)13-16-15-34-20-4-2-1-3-19(20)23(16)30/h1-8,13,15H,9-12,14H2,(H,26,29). The van der Waals surface area contributed by atoms with E-state index in [0.29, 0.717) is 41.6 Å².